The summed E-state index contributed by atoms with van der Waals surface area (Å²) in [5.41, 5.74) is 0.422. The molecule has 0 fully saturated rings. The Kier molecular flexibility index (Phi) is 5.14. The topological polar surface area (TPSA) is 124 Å². The van der Waals surface area contributed by atoms with Crippen molar-refractivity contribution in [2.24, 2.45) is 0 Å². The lowest BCUT2D eigenvalue weighted by molar-refractivity contribution is -0.384. The molecule has 0 bridgehead atoms. The molecule has 1 aliphatic heterocycles. The summed E-state index contributed by atoms with van der Waals surface area (Å²) in [5.74, 6) is -1.69. The molecule has 0 saturated heterocycles. The number of nitro benzene ring substituents is 1. The van der Waals surface area contributed by atoms with E-state index in [2.05, 4.69) is 0 Å². The number of hydrogen-bond acceptors (Lipinski definition) is 7. The van der Waals surface area contributed by atoms with Crippen LogP contribution in [0.1, 0.15) is 22.8 Å². The maximum absolute atomic E-state index is 13.1. The zero-order chi connectivity index (χ0) is 20.5. The molecule has 10 heteroatoms. The number of carbonyl (C=O) groups excluding carboxylic acids is 2. The Morgan fingerprint density at radius 2 is 1.86 bits per heavy atom. The number of rotatable bonds is 5. The second-order valence-corrected chi connectivity index (χ2v) is 7.80. The molecule has 0 aromatic heterocycles. The SMILES string of the molecule is CCOC(=O)C1Cc2ccccc2C(=O)N1S(=O)(=O)c1ccc([N+](=O)[O-])cc1. The Labute approximate surface area is 160 Å². The van der Waals surface area contributed by atoms with E-state index in [1.54, 1.807) is 25.1 Å². The van der Waals surface area contributed by atoms with Crippen LogP contribution in [0.3, 0.4) is 0 Å². The minimum atomic E-state index is -4.45. The van der Waals surface area contributed by atoms with E-state index >= 15 is 0 Å². The number of ether oxygens (including phenoxy) is 1. The molecule has 0 N–H and O–H groups in total. The molecule has 0 radical (unpaired) electrons. The highest BCUT2D eigenvalue weighted by Gasteiger charge is 2.45. The van der Waals surface area contributed by atoms with Gasteiger partial charge in [0.05, 0.1) is 16.4 Å². The molecule has 1 amide bonds. The predicted octanol–water partition coefficient (Wildman–Crippen LogP) is 1.91. The van der Waals surface area contributed by atoms with Crippen LogP contribution in [-0.2, 0) is 26.0 Å². The lowest BCUT2D eigenvalue weighted by Crippen LogP contribution is -2.53. The van der Waals surface area contributed by atoms with Crippen molar-refractivity contribution in [3.8, 4) is 0 Å². The van der Waals surface area contributed by atoms with Gasteiger partial charge in [-0.05, 0) is 30.7 Å². The maximum Gasteiger partial charge on any atom is 0.330 e. The third kappa shape index (κ3) is 3.33. The molecule has 1 unspecified atom stereocenters. The first-order valence-corrected chi connectivity index (χ1v) is 9.79. The van der Waals surface area contributed by atoms with Gasteiger partial charge in [0.15, 0.2) is 0 Å². The summed E-state index contributed by atoms with van der Waals surface area (Å²) in [6, 6.07) is 9.16. The summed E-state index contributed by atoms with van der Waals surface area (Å²) in [4.78, 5) is 35.2. The van der Waals surface area contributed by atoms with Crippen LogP contribution in [0.25, 0.3) is 0 Å². The fourth-order valence-corrected chi connectivity index (χ4v) is 4.53. The molecule has 3 rings (SSSR count). The van der Waals surface area contributed by atoms with E-state index in [4.69, 9.17) is 4.74 Å². The van der Waals surface area contributed by atoms with E-state index in [0.29, 0.717) is 9.87 Å². The standard InChI is InChI=1S/C18H16N2O7S/c1-2-27-18(22)16-11-12-5-3-4-6-15(12)17(21)19(16)28(25,26)14-9-7-13(8-10-14)20(23)24/h3-10,16H,2,11H2,1H3. The van der Waals surface area contributed by atoms with E-state index < -0.39 is 32.9 Å². The molecule has 1 atom stereocenters. The van der Waals surface area contributed by atoms with E-state index in [1.807, 2.05) is 0 Å². The normalized spacial score (nSPS) is 16.4. The van der Waals surface area contributed by atoms with Crippen molar-refractivity contribution in [3.05, 3.63) is 69.8 Å². The van der Waals surface area contributed by atoms with Crippen molar-refractivity contribution < 1.29 is 27.7 Å². The molecule has 0 spiro atoms. The summed E-state index contributed by atoms with van der Waals surface area (Å²) in [6.07, 6.45) is -0.0209. The van der Waals surface area contributed by atoms with Gasteiger partial charge in [-0.15, -0.1) is 0 Å². The summed E-state index contributed by atoms with van der Waals surface area (Å²) in [6.45, 7) is 1.60. The molecule has 146 valence electrons. The van der Waals surface area contributed by atoms with Gasteiger partial charge in [-0.3, -0.25) is 14.9 Å². The van der Waals surface area contributed by atoms with Crippen LogP contribution in [-0.4, -0.2) is 42.2 Å². The smallest absolute Gasteiger partial charge is 0.330 e. The Morgan fingerprint density at radius 1 is 1.21 bits per heavy atom. The third-order valence-corrected chi connectivity index (χ3v) is 6.11. The van der Waals surface area contributed by atoms with Crippen LogP contribution in [0.15, 0.2) is 53.4 Å². The fourth-order valence-electron chi connectivity index (χ4n) is 3.01. The lowest BCUT2D eigenvalue weighted by Gasteiger charge is -2.34. The van der Waals surface area contributed by atoms with Crippen molar-refractivity contribution in [1.82, 2.24) is 4.31 Å². The average Bonchev–Trinajstić information content (AvgIpc) is 2.68. The zero-order valence-corrected chi connectivity index (χ0v) is 15.6. The minimum Gasteiger partial charge on any atom is -0.464 e. The molecular weight excluding hydrogens is 388 g/mol. The summed E-state index contributed by atoms with van der Waals surface area (Å²) < 4.78 is 31.7. The summed E-state index contributed by atoms with van der Waals surface area (Å²) in [5, 5.41) is 10.8. The van der Waals surface area contributed by atoms with Gasteiger partial charge in [0.2, 0.25) is 0 Å². The number of nitro groups is 1. The van der Waals surface area contributed by atoms with Gasteiger partial charge in [-0.1, -0.05) is 18.2 Å². The second-order valence-electron chi connectivity index (χ2n) is 5.99. The Bertz CT molecular complexity index is 1050. The highest BCUT2D eigenvalue weighted by atomic mass is 32.2. The van der Waals surface area contributed by atoms with Gasteiger partial charge < -0.3 is 4.74 Å². The summed E-state index contributed by atoms with van der Waals surface area (Å²) >= 11 is 0. The van der Waals surface area contributed by atoms with Crippen molar-refractivity contribution in [1.29, 1.82) is 0 Å². The molecule has 28 heavy (non-hydrogen) atoms. The second kappa shape index (κ2) is 7.39. The molecule has 2 aromatic carbocycles. The number of carbonyl (C=O) groups is 2. The molecule has 9 nitrogen and oxygen atoms in total. The van der Waals surface area contributed by atoms with Crippen molar-refractivity contribution in [2.45, 2.75) is 24.3 Å². The van der Waals surface area contributed by atoms with Crippen LogP contribution in [0, 0.1) is 10.1 Å². The predicted molar refractivity (Wildman–Crippen MR) is 97.0 cm³/mol. The fraction of sp³-hybridized carbons (Fsp3) is 0.222. The largest absolute Gasteiger partial charge is 0.464 e. The molecule has 2 aromatic rings. The van der Waals surface area contributed by atoms with E-state index in [0.717, 1.165) is 24.3 Å². The number of fused-ring (bicyclic) bond motifs is 1. The first-order chi connectivity index (χ1) is 13.3. The highest BCUT2D eigenvalue weighted by Crippen LogP contribution is 2.30. The molecular formula is C18H16N2O7S. The number of nitrogens with zero attached hydrogens (tertiary/aromatic N) is 2. The molecule has 1 aliphatic rings. The van der Waals surface area contributed by atoms with E-state index in [1.165, 1.54) is 6.07 Å². The average molecular weight is 404 g/mol. The summed E-state index contributed by atoms with van der Waals surface area (Å²) in [7, 11) is -4.45. The van der Waals surface area contributed by atoms with Gasteiger partial charge in [-0.2, -0.15) is 0 Å². The number of benzene rings is 2. The van der Waals surface area contributed by atoms with Crippen LogP contribution in [0.5, 0.6) is 0 Å². The van der Waals surface area contributed by atoms with E-state index in [9.17, 15) is 28.1 Å². The van der Waals surface area contributed by atoms with E-state index in [-0.39, 0.29) is 29.2 Å². The quantitative estimate of drug-likeness (QED) is 0.423. The Hall–Kier alpha value is -3.27. The van der Waals surface area contributed by atoms with Crippen molar-refractivity contribution in [2.75, 3.05) is 6.61 Å². The maximum atomic E-state index is 13.1. The molecule has 0 aliphatic carbocycles. The van der Waals surface area contributed by atoms with Gasteiger partial charge in [0.1, 0.15) is 6.04 Å². The van der Waals surface area contributed by atoms with Crippen LogP contribution >= 0.6 is 0 Å². The first-order valence-electron chi connectivity index (χ1n) is 8.35. The third-order valence-electron chi connectivity index (χ3n) is 4.31. The number of sulfonamides is 1. The Balaban J connectivity index is 2.10. The number of esters is 1. The number of hydrogen-bond donors (Lipinski definition) is 0. The zero-order valence-electron chi connectivity index (χ0n) is 14.8. The van der Waals surface area contributed by atoms with Crippen LogP contribution < -0.4 is 0 Å². The Morgan fingerprint density at radius 3 is 2.46 bits per heavy atom. The highest BCUT2D eigenvalue weighted by molar-refractivity contribution is 7.89. The van der Waals surface area contributed by atoms with Gasteiger partial charge in [-0.25, -0.2) is 17.5 Å². The van der Waals surface area contributed by atoms with Gasteiger partial charge in [0.25, 0.3) is 21.6 Å². The van der Waals surface area contributed by atoms with Crippen LogP contribution in [0.4, 0.5) is 5.69 Å². The first kappa shape index (κ1) is 19.5. The van der Waals surface area contributed by atoms with Crippen molar-refractivity contribution >= 4 is 27.6 Å². The van der Waals surface area contributed by atoms with Crippen molar-refractivity contribution in [3.63, 3.8) is 0 Å². The van der Waals surface area contributed by atoms with Gasteiger partial charge in [0, 0.05) is 24.1 Å². The molecule has 0 saturated carbocycles. The number of amides is 1. The minimum absolute atomic E-state index is 0.0209. The van der Waals surface area contributed by atoms with Gasteiger partial charge >= 0.3 is 5.97 Å². The number of non-ortho nitro benzene ring substituents is 1. The van der Waals surface area contributed by atoms with Crippen LogP contribution in [0.2, 0.25) is 0 Å². The molecule has 1 heterocycles. The lowest BCUT2D eigenvalue weighted by atomic mass is 9.95. The monoisotopic (exact) mass is 404 g/mol.